The molecule has 0 saturated carbocycles. The Morgan fingerprint density at radius 3 is 2.55 bits per heavy atom. The van der Waals surface area contributed by atoms with Crippen LogP contribution in [-0.4, -0.2) is 20.3 Å². The summed E-state index contributed by atoms with van der Waals surface area (Å²) >= 11 is 7.51. The van der Waals surface area contributed by atoms with E-state index in [1.165, 1.54) is 0 Å². The zero-order chi connectivity index (χ0) is 20.5. The second-order valence-electron chi connectivity index (χ2n) is 6.82. The van der Waals surface area contributed by atoms with Crippen LogP contribution in [0.3, 0.4) is 0 Å². The Balaban J connectivity index is 1.65. The van der Waals surface area contributed by atoms with E-state index in [0.29, 0.717) is 34.2 Å². The van der Waals surface area contributed by atoms with Gasteiger partial charge in [-0.2, -0.15) is 5.10 Å². The second kappa shape index (κ2) is 7.89. The van der Waals surface area contributed by atoms with Gasteiger partial charge in [-0.3, -0.25) is 5.10 Å². The van der Waals surface area contributed by atoms with Crippen molar-refractivity contribution in [1.82, 2.24) is 15.2 Å². The molecule has 0 radical (unpaired) electrons. The fourth-order valence-corrected chi connectivity index (χ4v) is 3.92. The summed E-state index contributed by atoms with van der Waals surface area (Å²) in [4.78, 5) is 4.58. The van der Waals surface area contributed by atoms with Gasteiger partial charge in [-0.05, 0) is 50.6 Å². The van der Waals surface area contributed by atoms with Gasteiger partial charge in [0.05, 0.1) is 10.7 Å². The molecular formula is C22H20ClN3O2S. The number of benzene rings is 2. The molecule has 2 N–H and O–H groups in total. The first-order valence-corrected chi connectivity index (χ1v) is 10.4. The average molecular weight is 426 g/mol. The van der Waals surface area contributed by atoms with Crippen LogP contribution in [-0.2, 0) is 6.61 Å². The number of nitrogens with zero attached hydrogens (tertiary/aromatic N) is 2. The van der Waals surface area contributed by atoms with E-state index in [1.807, 2.05) is 62.5 Å². The van der Waals surface area contributed by atoms with Gasteiger partial charge in [0.2, 0.25) is 0 Å². The van der Waals surface area contributed by atoms with Crippen LogP contribution in [0.2, 0.25) is 5.02 Å². The lowest BCUT2D eigenvalue weighted by molar-refractivity contribution is 0.302. The Kier molecular flexibility index (Phi) is 5.30. The Bertz CT molecular complexity index is 1170. The molecule has 4 rings (SSSR count). The number of phenolic OH excluding ortho intramolecular Hbond substituents is 1. The first-order valence-electron chi connectivity index (χ1n) is 9.11. The molecule has 0 bridgehead atoms. The summed E-state index contributed by atoms with van der Waals surface area (Å²) in [5.41, 5.74) is 5.65. The number of ether oxygens (including phenoxy) is 1. The number of aromatic amines is 1. The Morgan fingerprint density at radius 1 is 1.10 bits per heavy atom. The van der Waals surface area contributed by atoms with E-state index in [-0.39, 0.29) is 5.75 Å². The maximum atomic E-state index is 10.9. The first-order chi connectivity index (χ1) is 13.9. The predicted molar refractivity (Wildman–Crippen MR) is 117 cm³/mol. The lowest BCUT2D eigenvalue weighted by Gasteiger charge is -2.13. The fraction of sp³-hybridized carbons (Fsp3) is 0.182. The summed E-state index contributed by atoms with van der Waals surface area (Å²) in [5.74, 6) is 0.776. The van der Waals surface area contributed by atoms with E-state index < -0.39 is 0 Å². The molecule has 5 nitrogen and oxygen atoms in total. The summed E-state index contributed by atoms with van der Waals surface area (Å²) in [5, 5.41) is 22.0. The van der Waals surface area contributed by atoms with E-state index in [0.717, 1.165) is 27.5 Å². The fourth-order valence-electron chi connectivity index (χ4n) is 3.19. The van der Waals surface area contributed by atoms with Crippen molar-refractivity contribution in [2.24, 2.45) is 0 Å². The van der Waals surface area contributed by atoms with Crippen molar-refractivity contribution in [2.45, 2.75) is 27.4 Å². The molecule has 0 fully saturated rings. The smallest absolute Gasteiger partial charge is 0.131 e. The molecular weight excluding hydrogens is 406 g/mol. The van der Waals surface area contributed by atoms with Crippen LogP contribution in [0.4, 0.5) is 0 Å². The zero-order valence-electron chi connectivity index (χ0n) is 16.3. The highest BCUT2D eigenvalue weighted by atomic mass is 35.5. The van der Waals surface area contributed by atoms with Crippen LogP contribution in [0.5, 0.6) is 11.5 Å². The van der Waals surface area contributed by atoms with Gasteiger partial charge in [0.15, 0.2) is 0 Å². The second-order valence-corrected chi connectivity index (χ2v) is 8.32. The normalized spacial score (nSPS) is 11.0. The monoisotopic (exact) mass is 425 g/mol. The molecule has 7 heteroatoms. The van der Waals surface area contributed by atoms with Gasteiger partial charge in [-0.1, -0.05) is 23.7 Å². The molecule has 0 atom stereocenters. The highest BCUT2D eigenvalue weighted by Gasteiger charge is 2.21. The van der Waals surface area contributed by atoms with Gasteiger partial charge in [-0.15, -0.1) is 11.3 Å². The number of rotatable bonds is 5. The van der Waals surface area contributed by atoms with E-state index in [4.69, 9.17) is 16.3 Å². The molecule has 0 aliphatic carbocycles. The van der Waals surface area contributed by atoms with Gasteiger partial charge >= 0.3 is 0 Å². The van der Waals surface area contributed by atoms with Crippen LogP contribution < -0.4 is 4.74 Å². The molecule has 0 saturated heterocycles. The van der Waals surface area contributed by atoms with Gasteiger partial charge in [0, 0.05) is 32.8 Å². The van der Waals surface area contributed by atoms with E-state index in [1.54, 1.807) is 11.3 Å². The van der Waals surface area contributed by atoms with Crippen LogP contribution in [0.1, 0.15) is 21.8 Å². The number of thiazole rings is 1. The Hall–Kier alpha value is -2.83. The number of aryl methyl sites for hydroxylation is 2. The standard InChI is InChI=1S/C22H20ClN3O2S/c1-12-19(28-10-15-4-6-16(23)7-5-15)9-8-17(22(12)27)21-20(13(2)25-26-21)18-11-29-14(3)24-18/h4-9,11,27H,10H2,1-3H3,(H,25,26). The maximum Gasteiger partial charge on any atom is 0.131 e. The van der Waals surface area contributed by atoms with Crippen LogP contribution in [0.15, 0.2) is 41.8 Å². The third kappa shape index (κ3) is 3.86. The van der Waals surface area contributed by atoms with E-state index in [2.05, 4.69) is 15.2 Å². The molecule has 0 aliphatic heterocycles. The maximum absolute atomic E-state index is 10.9. The van der Waals surface area contributed by atoms with Gasteiger partial charge in [0.1, 0.15) is 23.8 Å². The number of aromatic nitrogens is 3. The first kappa shape index (κ1) is 19.5. The number of hydrogen-bond acceptors (Lipinski definition) is 5. The molecule has 2 aromatic heterocycles. The summed E-state index contributed by atoms with van der Waals surface area (Å²) in [6, 6.07) is 11.2. The minimum absolute atomic E-state index is 0.151. The topological polar surface area (TPSA) is 71.0 Å². The zero-order valence-corrected chi connectivity index (χ0v) is 17.9. The van der Waals surface area contributed by atoms with E-state index in [9.17, 15) is 5.11 Å². The summed E-state index contributed by atoms with van der Waals surface area (Å²) in [7, 11) is 0. The summed E-state index contributed by atoms with van der Waals surface area (Å²) in [6.07, 6.45) is 0. The van der Waals surface area contributed by atoms with Crippen molar-refractivity contribution in [2.75, 3.05) is 0 Å². The lowest BCUT2D eigenvalue weighted by Crippen LogP contribution is -1.98. The number of halogens is 1. The minimum Gasteiger partial charge on any atom is -0.507 e. The SMILES string of the molecule is Cc1nc(-c2c(-c3ccc(OCc4ccc(Cl)cc4)c(C)c3O)n[nH]c2C)cs1. The molecule has 2 heterocycles. The van der Waals surface area contributed by atoms with Crippen molar-refractivity contribution in [3.05, 3.63) is 68.6 Å². The Labute approximate surface area is 178 Å². The quantitative estimate of drug-likeness (QED) is 0.407. The molecule has 29 heavy (non-hydrogen) atoms. The largest absolute Gasteiger partial charge is 0.507 e. The number of hydrogen-bond donors (Lipinski definition) is 2. The Morgan fingerprint density at radius 2 is 1.86 bits per heavy atom. The molecule has 4 aromatic rings. The average Bonchev–Trinajstić information content (AvgIpc) is 3.29. The number of aromatic hydroxyl groups is 1. The molecule has 0 unspecified atom stereocenters. The highest BCUT2D eigenvalue weighted by molar-refractivity contribution is 7.09. The molecule has 0 spiro atoms. The van der Waals surface area contributed by atoms with Crippen molar-refractivity contribution in [3.8, 4) is 34.0 Å². The summed E-state index contributed by atoms with van der Waals surface area (Å²) < 4.78 is 5.92. The predicted octanol–water partition coefficient (Wildman–Crippen LogP) is 6.06. The number of nitrogens with one attached hydrogen (secondary N) is 1. The number of phenols is 1. The van der Waals surface area contributed by atoms with Gasteiger partial charge < -0.3 is 9.84 Å². The highest BCUT2D eigenvalue weighted by Crippen LogP contribution is 2.41. The number of H-pyrrole nitrogens is 1. The lowest BCUT2D eigenvalue weighted by atomic mass is 10.0. The van der Waals surface area contributed by atoms with Crippen LogP contribution >= 0.6 is 22.9 Å². The third-order valence-corrected chi connectivity index (χ3v) is 5.79. The van der Waals surface area contributed by atoms with Crippen molar-refractivity contribution < 1.29 is 9.84 Å². The van der Waals surface area contributed by atoms with Gasteiger partial charge in [0.25, 0.3) is 0 Å². The molecule has 0 aliphatic rings. The van der Waals surface area contributed by atoms with Crippen LogP contribution in [0.25, 0.3) is 22.5 Å². The van der Waals surface area contributed by atoms with Crippen LogP contribution in [0, 0.1) is 20.8 Å². The van der Waals surface area contributed by atoms with Crippen molar-refractivity contribution >= 4 is 22.9 Å². The molecule has 2 aromatic carbocycles. The van der Waals surface area contributed by atoms with Crippen molar-refractivity contribution in [3.63, 3.8) is 0 Å². The molecule has 148 valence electrons. The third-order valence-electron chi connectivity index (χ3n) is 4.77. The van der Waals surface area contributed by atoms with Gasteiger partial charge in [-0.25, -0.2) is 4.98 Å². The van der Waals surface area contributed by atoms with E-state index >= 15 is 0 Å². The summed E-state index contributed by atoms with van der Waals surface area (Å²) in [6.45, 7) is 6.15. The molecule has 0 amide bonds. The van der Waals surface area contributed by atoms with Crippen molar-refractivity contribution in [1.29, 1.82) is 0 Å². The minimum atomic E-state index is 0.151.